The minimum atomic E-state index is -4.42. The van der Waals surface area contributed by atoms with Crippen molar-refractivity contribution in [3.63, 3.8) is 0 Å². The second kappa shape index (κ2) is 12.2. The quantitative estimate of drug-likeness (QED) is 0.246. The number of halogens is 3. The molecule has 0 aliphatic carbocycles. The van der Waals surface area contributed by atoms with Crippen molar-refractivity contribution in [2.75, 3.05) is 18.5 Å². The van der Waals surface area contributed by atoms with Gasteiger partial charge in [0.15, 0.2) is 6.61 Å². The highest BCUT2D eigenvalue weighted by Crippen LogP contribution is 2.24. The van der Waals surface area contributed by atoms with Crippen LogP contribution in [-0.4, -0.2) is 55.1 Å². The molecule has 5 aromatic rings. The summed E-state index contributed by atoms with van der Waals surface area (Å²) >= 11 is 0. The summed E-state index contributed by atoms with van der Waals surface area (Å²) in [6, 6.07) is 19.0. The molecule has 218 valence electrons. The van der Waals surface area contributed by atoms with Gasteiger partial charge in [-0.05, 0) is 70.9 Å². The van der Waals surface area contributed by atoms with E-state index in [9.17, 15) is 18.0 Å². The average molecular weight is 581 g/mol. The number of aromatic nitrogens is 6. The summed E-state index contributed by atoms with van der Waals surface area (Å²) in [6.45, 7) is 1.67. The topological polar surface area (TPSA) is 124 Å². The lowest BCUT2D eigenvalue weighted by Crippen LogP contribution is -2.24. The number of amides is 1. The summed E-state index contributed by atoms with van der Waals surface area (Å²) in [7, 11) is 1.88. The van der Waals surface area contributed by atoms with Crippen molar-refractivity contribution in [1.29, 1.82) is 0 Å². The number of anilines is 1. The molecular formula is C28H27F3N8O3. The van der Waals surface area contributed by atoms with Gasteiger partial charge in [0.1, 0.15) is 11.5 Å². The summed E-state index contributed by atoms with van der Waals surface area (Å²) in [5.74, 6) is 0.601. The smallest absolute Gasteiger partial charge is 0.422 e. The number of nitrogens with one attached hydrogen (secondary N) is 2. The molecule has 14 heteroatoms. The molecule has 0 spiro atoms. The fourth-order valence-electron chi connectivity index (χ4n) is 4.23. The summed E-state index contributed by atoms with van der Waals surface area (Å²) in [6.07, 6.45) is -3.55. The third-order valence-electron chi connectivity index (χ3n) is 6.22. The van der Waals surface area contributed by atoms with Crippen LogP contribution in [0.4, 0.5) is 24.8 Å². The van der Waals surface area contributed by atoms with Gasteiger partial charge >= 0.3 is 6.18 Å². The van der Waals surface area contributed by atoms with Crippen molar-refractivity contribution >= 4 is 28.6 Å². The van der Waals surface area contributed by atoms with E-state index >= 15 is 0 Å². The number of imidazole rings is 1. The third kappa shape index (κ3) is 6.77. The maximum absolute atomic E-state index is 12.5. The van der Waals surface area contributed by atoms with Gasteiger partial charge in [-0.25, -0.2) is 10.1 Å². The number of ether oxygens (including phenoxy) is 2. The number of H-pyrrole nitrogens is 1. The molecule has 1 amide bonds. The zero-order chi connectivity index (χ0) is 29.7. The van der Waals surface area contributed by atoms with Gasteiger partial charge in [-0.1, -0.05) is 24.2 Å². The molecule has 5 rings (SSSR count). The number of nitrogens with zero attached hydrogens (tertiary/aromatic N) is 6. The van der Waals surface area contributed by atoms with Crippen LogP contribution in [0.1, 0.15) is 29.3 Å². The van der Waals surface area contributed by atoms with Crippen LogP contribution >= 0.6 is 0 Å². The van der Waals surface area contributed by atoms with Crippen molar-refractivity contribution < 1.29 is 27.4 Å². The maximum Gasteiger partial charge on any atom is 0.422 e. The predicted molar refractivity (Wildman–Crippen MR) is 148 cm³/mol. The number of alkyl halides is 3. The van der Waals surface area contributed by atoms with E-state index in [2.05, 4.69) is 25.9 Å². The van der Waals surface area contributed by atoms with Crippen LogP contribution in [0.3, 0.4) is 0 Å². The van der Waals surface area contributed by atoms with E-state index in [1.54, 1.807) is 24.3 Å². The second-order valence-corrected chi connectivity index (χ2v) is 9.35. The van der Waals surface area contributed by atoms with Gasteiger partial charge in [-0.15, -0.1) is 0 Å². The Kier molecular flexibility index (Phi) is 8.22. The number of fused-ring (bicyclic) bond motifs is 1. The summed E-state index contributed by atoms with van der Waals surface area (Å²) in [4.78, 5) is 17.3. The second-order valence-electron chi connectivity index (χ2n) is 9.35. The molecule has 0 aliphatic heterocycles. The van der Waals surface area contributed by atoms with Crippen LogP contribution in [-0.2, 0) is 13.6 Å². The minimum absolute atomic E-state index is 0.0950. The molecule has 0 saturated heterocycles. The van der Waals surface area contributed by atoms with Crippen LogP contribution in [0.25, 0.3) is 11.0 Å². The average Bonchev–Trinajstić information content (AvgIpc) is 3.58. The SMILES string of the molecule is CCCOc1ccc2c(c1)n(C)c(=Nc1ccc(OCC(F)(F)F)cc1)n2Cc1ccc(C(=O)Nc2nnn[nH]2)cc1. The Morgan fingerprint density at radius 3 is 2.40 bits per heavy atom. The number of hydrogen-bond acceptors (Lipinski definition) is 7. The van der Waals surface area contributed by atoms with Gasteiger partial charge in [-0.3, -0.25) is 10.1 Å². The van der Waals surface area contributed by atoms with Gasteiger partial charge < -0.3 is 18.6 Å². The van der Waals surface area contributed by atoms with E-state index in [1.165, 1.54) is 12.1 Å². The number of aromatic amines is 1. The van der Waals surface area contributed by atoms with E-state index in [4.69, 9.17) is 14.5 Å². The molecule has 42 heavy (non-hydrogen) atoms. The number of rotatable bonds is 10. The molecule has 0 bridgehead atoms. The first-order valence-electron chi connectivity index (χ1n) is 13.0. The number of hydrogen-bond donors (Lipinski definition) is 2. The number of carbonyl (C=O) groups is 1. The first-order chi connectivity index (χ1) is 20.2. The van der Waals surface area contributed by atoms with Crippen molar-refractivity contribution in [2.45, 2.75) is 26.1 Å². The van der Waals surface area contributed by atoms with E-state index in [0.717, 1.165) is 28.8 Å². The number of benzene rings is 3. The fraction of sp³-hybridized carbons (Fsp3) is 0.250. The van der Waals surface area contributed by atoms with Crippen LogP contribution < -0.4 is 20.4 Å². The number of carbonyl (C=O) groups excluding carboxylic acids is 1. The van der Waals surface area contributed by atoms with E-state index in [1.807, 2.05) is 53.4 Å². The zero-order valence-corrected chi connectivity index (χ0v) is 22.7. The monoisotopic (exact) mass is 580 g/mol. The normalized spacial score (nSPS) is 12.1. The fourth-order valence-corrected chi connectivity index (χ4v) is 4.23. The van der Waals surface area contributed by atoms with Gasteiger partial charge in [0, 0.05) is 18.7 Å². The van der Waals surface area contributed by atoms with E-state index < -0.39 is 12.8 Å². The molecule has 2 N–H and O–H groups in total. The Morgan fingerprint density at radius 2 is 1.74 bits per heavy atom. The van der Waals surface area contributed by atoms with Crippen LogP contribution in [0.2, 0.25) is 0 Å². The Bertz CT molecular complexity index is 1730. The first-order valence-corrected chi connectivity index (χ1v) is 13.0. The van der Waals surface area contributed by atoms with E-state index in [-0.39, 0.29) is 17.6 Å². The minimum Gasteiger partial charge on any atom is -0.494 e. The maximum atomic E-state index is 12.5. The lowest BCUT2D eigenvalue weighted by Gasteiger charge is -2.09. The summed E-state index contributed by atoms with van der Waals surface area (Å²) in [5, 5.41) is 15.6. The first kappa shape index (κ1) is 28.4. The van der Waals surface area contributed by atoms with Gasteiger partial charge in [-0.2, -0.15) is 13.2 Å². The van der Waals surface area contributed by atoms with Crippen molar-refractivity contribution in [2.24, 2.45) is 12.0 Å². The Labute approximate surface area is 237 Å². The lowest BCUT2D eigenvalue weighted by atomic mass is 10.1. The Hall–Kier alpha value is -5.14. The van der Waals surface area contributed by atoms with Crippen molar-refractivity contribution in [3.8, 4) is 11.5 Å². The zero-order valence-electron chi connectivity index (χ0n) is 22.7. The molecule has 0 radical (unpaired) electrons. The number of aryl methyl sites for hydroxylation is 1. The third-order valence-corrected chi connectivity index (χ3v) is 6.22. The largest absolute Gasteiger partial charge is 0.494 e. The highest BCUT2D eigenvalue weighted by molar-refractivity contribution is 6.03. The van der Waals surface area contributed by atoms with Gasteiger partial charge in [0.25, 0.3) is 5.91 Å². The molecule has 2 heterocycles. The molecule has 0 saturated carbocycles. The molecule has 0 atom stereocenters. The number of tetrazole rings is 1. The van der Waals surface area contributed by atoms with Crippen LogP contribution in [0, 0.1) is 0 Å². The molecule has 2 aromatic heterocycles. The summed E-state index contributed by atoms with van der Waals surface area (Å²) in [5.41, 5.74) is 4.23. The molecule has 0 fully saturated rings. The van der Waals surface area contributed by atoms with Gasteiger partial charge in [0.2, 0.25) is 11.6 Å². The van der Waals surface area contributed by atoms with Crippen LogP contribution in [0.15, 0.2) is 71.7 Å². The van der Waals surface area contributed by atoms with Crippen molar-refractivity contribution in [1.82, 2.24) is 29.8 Å². The van der Waals surface area contributed by atoms with Crippen LogP contribution in [0.5, 0.6) is 11.5 Å². The molecule has 0 aliphatic rings. The van der Waals surface area contributed by atoms with Crippen molar-refractivity contribution in [3.05, 3.63) is 83.5 Å². The molecule has 3 aromatic carbocycles. The Balaban J connectivity index is 1.48. The molecular weight excluding hydrogens is 553 g/mol. The predicted octanol–water partition coefficient (Wildman–Crippen LogP) is 4.76. The standard InChI is InChI=1S/C28H27F3N8O3/c1-3-14-41-22-12-13-23-24(15-22)38(2)27(32-20-8-10-21(11-9-20)42-17-28(29,30)31)39(23)16-18-4-6-19(7-5-18)25(40)33-26-34-36-37-35-26/h4-13,15H,3,14,16-17H2,1-2H3,(H2,33,34,35,36,37,40). The van der Waals surface area contributed by atoms with Gasteiger partial charge in [0.05, 0.1) is 29.9 Å². The lowest BCUT2D eigenvalue weighted by molar-refractivity contribution is -0.153. The Morgan fingerprint density at radius 1 is 1.00 bits per heavy atom. The molecule has 11 nitrogen and oxygen atoms in total. The molecule has 0 unspecified atom stereocenters. The highest BCUT2D eigenvalue weighted by atomic mass is 19.4. The van der Waals surface area contributed by atoms with E-state index in [0.29, 0.717) is 30.0 Å². The highest BCUT2D eigenvalue weighted by Gasteiger charge is 2.28. The summed E-state index contributed by atoms with van der Waals surface area (Å²) < 4.78 is 52.2.